The third-order valence-electron chi connectivity index (χ3n) is 6.51. The van der Waals surface area contributed by atoms with E-state index in [9.17, 15) is 9.90 Å². The Balaban J connectivity index is 1.77. The first-order chi connectivity index (χ1) is 11.0. The van der Waals surface area contributed by atoms with Gasteiger partial charge in [0.25, 0.3) is 0 Å². The van der Waals surface area contributed by atoms with Gasteiger partial charge in [0.1, 0.15) is 0 Å². The Labute approximate surface area is 136 Å². The summed E-state index contributed by atoms with van der Waals surface area (Å²) in [5.74, 6) is 2.00. The average Bonchev–Trinajstić information content (AvgIpc) is 2.52. The standard InChI is InChI=1S/C19H24O4/c1-22-15-4-3-14(6-16(15)23-2)18-7-12-5-13(8-18)10-19(9-12,11-18)17(20)21/h3-4,6,12-13H,5,7-11H2,1-2H3,(H,20,21). The predicted octanol–water partition coefficient (Wildman–Crippen LogP) is 3.63. The second-order valence-corrected chi connectivity index (χ2v) is 7.90. The predicted molar refractivity (Wildman–Crippen MR) is 86.0 cm³/mol. The van der Waals surface area contributed by atoms with Gasteiger partial charge in [0, 0.05) is 0 Å². The smallest absolute Gasteiger partial charge is 0.309 e. The number of benzene rings is 1. The minimum absolute atomic E-state index is 0.00201. The second-order valence-electron chi connectivity index (χ2n) is 7.90. The van der Waals surface area contributed by atoms with Crippen LogP contribution in [-0.4, -0.2) is 25.3 Å². The maximum atomic E-state index is 12.0. The Morgan fingerprint density at radius 2 is 1.74 bits per heavy atom. The Morgan fingerprint density at radius 1 is 1.09 bits per heavy atom. The van der Waals surface area contributed by atoms with Crippen LogP contribution < -0.4 is 9.47 Å². The number of carboxylic acids is 1. The quantitative estimate of drug-likeness (QED) is 0.921. The van der Waals surface area contributed by atoms with Gasteiger partial charge in [0.15, 0.2) is 11.5 Å². The molecule has 2 atom stereocenters. The van der Waals surface area contributed by atoms with Gasteiger partial charge >= 0.3 is 5.97 Å². The van der Waals surface area contributed by atoms with Gasteiger partial charge in [-0.3, -0.25) is 4.79 Å². The zero-order chi connectivity index (χ0) is 16.2. The van der Waals surface area contributed by atoms with Crippen LogP contribution in [-0.2, 0) is 10.2 Å². The Hall–Kier alpha value is -1.71. The maximum absolute atomic E-state index is 12.0. The lowest BCUT2D eigenvalue weighted by atomic mass is 9.43. The molecule has 0 aliphatic heterocycles. The topological polar surface area (TPSA) is 55.8 Å². The van der Waals surface area contributed by atoms with E-state index in [2.05, 4.69) is 12.1 Å². The van der Waals surface area contributed by atoms with Crippen LogP contribution in [0.3, 0.4) is 0 Å². The molecule has 5 rings (SSSR count). The molecule has 4 heteroatoms. The molecule has 23 heavy (non-hydrogen) atoms. The highest BCUT2D eigenvalue weighted by Gasteiger charge is 2.61. The normalized spacial score (nSPS) is 37.7. The fraction of sp³-hybridized carbons (Fsp3) is 0.632. The van der Waals surface area contributed by atoms with E-state index in [1.54, 1.807) is 14.2 Å². The lowest BCUT2D eigenvalue weighted by Crippen LogP contribution is -2.56. The second kappa shape index (κ2) is 4.89. The molecule has 0 spiro atoms. The van der Waals surface area contributed by atoms with Crippen molar-refractivity contribution < 1.29 is 19.4 Å². The molecule has 4 saturated carbocycles. The zero-order valence-electron chi connectivity index (χ0n) is 13.8. The van der Waals surface area contributed by atoms with Crippen molar-refractivity contribution >= 4 is 5.97 Å². The first kappa shape index (κ1) is 14.9. The van der Waals surface area contributed by atoms with Crippen LogP contribution in [0, 0.1) is 17.3 Å². The number of carbonyl (C=O) groups is 1. The highest BCUT2D eigenvalue weighted by molar-refractivity contribution is 5.76. The third-order valence-corrected chi connectivity index (χ3v) is 6.51. The third kappa shape index (κ3) is 2.07. The summed E-state index contributed by atoms with van der Waals surface area (Å²) in [6, 6.07) is 6.14. The molecule has 1 N–H and O–H groups in total. The van der Waals surface area contributed by atoms with E-state index in [-0.39, 0.29) is 5.41 Å². The van der Waals surface area contributed by atoms with Crippen molar-refractivity contribution in [2.75, 3.05) is 14.2 Å². The van der Waals surface area contributed by atoms with Crippen LogP contribution in [0.5, 0.6) is 11.5 Å². The summed E-state index contributed by atoms with van der Waals surface area (Å²) >= 11 is 0. The van der Waals surface area contributed by atoms with E-state index < -0.39 is 11.4 Å². The van der Waals surface area contributed by atoms with Crippen molar-refractivity contribution in [1.29, 1.82) is 0 Å². The van der Waals surface area contributed by atoms with E-state index in [4.69, 9.17) is 9.47 Å². The summed E-state index contributed by atoms with van der Waals surface area (Å²) in [7, 11) is 3.29. The zero-order valence-corrected chi connectivity index (χ0v) is 13.8. The van der Waals surface area contributed by atoms with Gasteiger partial charge < -0.3 is 14.6 Å². The molecular weight excluding hydrogens is 292 g/mol. The van der Waals surface area contributed by atoms with Gasteiger partial charge in [-0.2, -0.15) is 0 Å². The summed E-state index contributed by atoms with van der Waals surface area (Å²) in [6.07, 6.45) is 5.96. The summed E-state index contributed by atoms with van der Waals surface area (Å²) in [5, 5.41) is 9.88. The Bertz CT molecular complexity index is 637. The molecule has 0 saturated heterocycles. The van der Waals surface area contributed by atoms with Crippen LogP contribution in [0.25, 0.3) is 0 Å². The van der Waals surface area contributed by atoms with Crippen molar-refractivity contribution in [2.45, 2.75) is 43.9 Å². The van der Waals surface area contributed by atoms with Crippen molar-refractivity contribution in [2.24, 2.45) is 17.3 Å². The van der Waals surface area contributed by atoms with E-state index in [1.807, 2.05) is 6.07 Å². The number of rotatable bonds is 4. The number of hydrogen-bond acceptors (Lipinski definition) is 3. The molecule has 1 aromatic carbocycles. The molecular formula is C19H24O4. The molecule has 124 valence electrons. The lowest BCUT2D eigenvalue weighted by Gasteiger charge is -2.60. The fourth-order valence-corrected chi connectivity index (χ4v) is 6.02. The fourth-order valence-electron chi connectivity index (χ4n) is 6.02. The van der Waals surface area contributed by atoms with Crippen LogP contribution in [0.4, 0.5) is 0 Å². The first-order valence-electron chi connectivity index (χ1n) is 8.46. The van der Waals surface area contributed by atoms with Crippen molar-refractivity contribution in [3.05, 3.63) is 23.8 Å². The molecule has 4 aliphatic carbocycles. The molecule has 1 aromatic rings. The molecule has 2 unspecified atom stereocenters. The summed E-state index contributed by atoms with van der Waals surface area (Å²) in [4.78, 5) is 12.0. The molecule has 0 heterocycles. The van der Waals surface area contributed by atoms with Crippen LogP contribution in [0.15, 0.2) is 18.2 Å². The number of aliphatic carboxylic acids is 1. The van der Waals surface area contributed by atoms with E-state index >= 15 is 0 Å². The van der Waals surface area contributed by atoms with E-state index in [0.29, 0.717) is 11.8 Å². The van der Waals surface area contributed by atoms with Gasteiger partial charge in [-0.25, -0.2) is 0 Å². The Morgan fingerprint density at radius 3 is 2.30 bits per heavy atom. The van der Waals surface area contributed by atoms with Gasteiger partial charge in [0.2, 0.25) is 0 Å². The molecule has 0 amide bonds. The van der Waals surface area contributed by atoms with Crippen molar-refractivity contribution in [3.63, 3.8) is 0 Å². The number of carboxylic acid groups (broad SMARTS) is 1. The highest BCUT2D eigenvalue weighted by Crippen LogP contribution is 2.66. The minimum atomic E-state index is -0.587. The average molecular weight is 316 g/mol. The van der Waals surface area contributed by atoms with Gasteiger partial charge in [-0.05, 0) is 73.5 Å². The number of hydrogen-bond donors (Lipinski definition) is 1. The summed E-state index contributed by atoms with van der Waals surface area (Å²) in [5.41, 5.74) is 0.731. The highest BCUT2D eigenvalue weighted by atomic mass is 16.5. The molecule has 0 aromatic heterocycles. The van der Waals surface area contributed by atoms with E-state index in [1.165, 1.54) is 12.0 Å². The maximum Gasteiger partial charge on any atom is 0.309 e. The lowest BCUT2D eigenvalue weighted by molar-refractivity contribution is -0.167. The molecule has 4 bridgehead atoms. The van der Waals surface area contributed by atoms with Gasteiger partial charge in [-0.15, -0.1) is 0 Å². The largest absolute Gasteiger partial charge is 0.493 e. The van der Waals surface area contributed by atoms with Crippen LogP contribution in [0.2, 0.25) is 0 Å². The molecule has 0 radical (unpaired) electrons. The van der Waals surface area contributed by atoms with E-state index in [0.717, 1.165) is 43.6 Å². The molecule has 4 nitrogen and oxygen atoms in total. The summed E-state index contributed by atoms with van der Waals surface area (Å²) in [6.45, 7) is 0. The van der Waals surface area contributed by atoms with Crippen LogP contribution >= 0.6 is 0 Å². The SMILES string of the molecule is COc1ccc(C23CC4CC(CC(C(=O)O)(C4)C2)C3)cc1OC. The van der Waals surface area contributed by atoms with Gasteiger partial charge in [-0.1, -0.05) is 6.07 Å². The molecule has 4 fully saturated rings. The minimum Gasteiger partial charge on any atom is -0.493 e. The van der Waals surface area contributed by atoms with Gasteiger partial charge in [0.05, 0.1) is 19.6 Å². The molecule has 4 aliphatic rings. The number of methoxy groups -OCH3 is 2. The Kier molecular flexibility index (Phi) is 3.16. The first-order valence-corrected chi connectivity index (χ1v) is 8.46. The monoisotopic (exact) mass is 316 g/mol. The number of ether oxygens (including phenoxy) is 2. The van der Waals surface area contributed by atoms with Crippen molar-refractivity contribution in [1.82, 2.24) is 0 Å². The van der Waals surface area contributed by atoms with Crippen molar-refractivity contribution in [3.8, 4) is 11.5 Å². The summed E-state index contributed by atoms with van der Waals surface area (Å²) < 4.78 is 10.8. The van der Waals surface area contributed by atoms with Crippen LogP contribution in [0.1, 0.15) is 44.1 Å².